The molecule has 1 aromatic rings. The van der Waals surface area contributed by atoms with Crippen molar-refractivity contribution in [3.63, 3.8) is 0 Å². The number of carbonyl (C=O) groups excluding carboxylic acids is 1. The topological polar surface area (TPSA) is 63.6 Å². The maximum absolute atomic E-state index is 11.5. The first-order valence-electron chi connectivity index (χ1n) is 5.77. The van der Waals surface area contributed by atoms with Gasteiger partial charge in [0, 0.05) is 0 Å². The largest absolute Gasteiger partial charge is 0.478 e. The molecule has 0 fully saturated rings. The fourth-order valence-corrected chi connectivity index (χ4v) is 1.65. The smallest absolute Gasteiger partial charge is 0.335 e. The van der Waals surface area contributed by atoms with Gasteiger partial charge in [0.25, 0.3) is 0 Å². The molecular formula is C14H18O4. The molecule has 0 saturated heterocycles. The van der Waals surface area contributed by atoms with Crippen LogP contribution < -0.4 is 0 Å². The van der Waals surface area contributed by atoms with Crippen molar-refractivity contribution in [1.29, 1.82) is 0 Å². The quantitative estimate of drug-likeness (QED) is 0.815. The third kappa shape index (κ3) is 3.58. The molecule has 0 bridgehead atoms. The molecule has 0 aliphatic heterocycles. The first-order chi connectivity index (χ1) is 8.36. The van der Waals surface area contributed by atoms with Gasteiger partial charge in [-0.3, -0.25) is 4.79 Å². The summed E-state index contributed by atoms with van der Waals surface area (Å²) in [5.74, 6) is -1.17. The Balaban J connectivity index is 2.64. The number of carboxylic acid groups (broad SMARTS) is 1. The van der Waals surface area contributed by atoms with Crippen molar-refractivity contribution in [1.82, 2.24) is 0 Å². The molecule has 0 aromatic heterocycles. The van der Waals surface area contributed by atoms with Crippen LogP contribution in [0.1, 0.15) is 36.2 Å². The Kier molecular flexibility index (Phi) is 4.48. The van der Waals surface area contributed by atoms with Gasteiger partial charge in [0.1, 0.15) is 0 Å². The standard InChI is InChI=1S/C14H18O4/c1-14(2,13(17)18-3)9-8-10-4-6-11(7-5-10)12(15)16/h4-7H,8-9H2,1-3H3,(H,15,16). The minimum absolute atomic E-state index is 0.232. The van der Waals surface area contributed by atoms with Gasteiger partial charge in [0.2, 0.25) is 0 Å². The Morgan fingerprint density at radius 3 is 2.22 bits per heavy atom. The maximum atomic E-state index is 11.5. The van der Waals surface area contributed by atoms with Gasteiger partial charge in [-0.1, -0.05) is 12.1 Å². The summed E-state index contributed by atoms with van der Waals surface area (Å²) in [6.07, 6.45) is 1.37. The molecule has 0 heterocycles. The van der Waals surface area contributed by atoms with Crippen molar-refractivity contribution in [2.24, 2.45) is 5.41 Å². The predicted molar refractivity (Wildman–Crippen MR) is 67.5 cm³/mol. The zero-order chi connectivity index (χ0) is 13.8. The average molecular weight is 250 g/mol. The summed E-state index contributed by atoms with van der Waals surface area (Å²) in [6, 6.07) is 6.69. The Hall–Kier alpha value is -1.84. The normalized spacial score (nSPS) is 11.1. The van der Waals surface area contributed by atoms with Gasteiger partial charge >= 0.3 is 11.9 Å². The molecular weight excluding hydrogens is 232 g/mol. The number of hydrogen-bond acceptors (Lipinski definition) is 3. The maximum Gasteiger partial charge on any atom is 0.335 e. The number of benzene rings is 1. The van der Waals surface area contributed by atoms with Gasteiger partial charge in [0.05, 0.1) is 18.1 Å². The van der Waals surface area contributed by atoms with Crippen LogP contribution in [-0.4, -0.2) is 24.2 Å². The van der Waals surface area contributed by atoms with Gasteiger partial charge in [-0.15, -0.1) is 0 Å². The van der Waals surface area contributed by atoms with Crippen molar-refractivity contribution in [2.75, 3.05) is 7.11 Å². The van der Waals surface area contributed by atoms with E-state index in [1.807, 2.05) is 13.8 Å². The molecule has 0 aliphatic rings. The Morgan fingerprint density at radius 2 is 1.78 bits per heavy atom. The van der Waals surface area contributed by atoms with Crippen LogP contribution in [0.2, 0.25) is 0 Å². The highest BCUT2D eigenvalue weighted by molar-refractivity contribution is 5.87. The van der Waals surface area contributed by atoms with E-state index < -0.39 is 11.4 Å². The second-order valence-corrected chi connectivity index (χ2v) is 4.88. The number of carbonyl (C=O) groups is 2. The zero-order valence-corrected chi connectivity index (χ0v) is 10.9. The lowest BCUT2D eigenvalue weighted by Crippen LogP contribution is -2.26. The van der Waals surface area contributed by atoms with E-state index in [9.17, 15) is 9.59 Å². The van der Waals surface area contributed by atoms with Crippen LogP contribution in [-0.2, 0) is 16.0 Å². The highest BCUT2D eigenvalue weighted by atomic mass is 16.5. The predicted octanol–water partition coefficient (Wildman–Crippen LogP) is 2.52. The third-order valence-corrected chi connectivity index (χ3v) is 2.98. The van der Waals surface area contributed by atoms with Crippen LogP contribution in [0.4, 0.5) is 0 Å². The number of carboxylic acids is 1. The van der Waals surface area contributed by atoms with Crippen LogP contribution in [0.15, 0.2) is 24.3 Å². The Bertz CT molecular complexity index is 432. The second-order valence-electron chi connectivity index (χ2n) is 4.88. The first-order valence-corrected chi connectivity index (χ1v) is 5.77. The summed E-state index contributed by atoms with van der Waals surface area (Å²) in [4.78, 5) is 22.2. The number of ether oxygens (including phenoxy) is 1. The fraction of sp³-hybridized carbons (Fsp3) is 0.429. The van der Waals surface area contributed by atoms with Crippen LogP contribution in [0, 0.1) is 5.41 Å². The summed E-state index contributed by atoms with van der Waals surface area (Å²) in [7, 11) is 1.38. The van der Waals surface area contributed by atoms with Gasteiger partial charge in [-0.2, -0.15) is 0 Å². The van der Waals surface area contributed by atoms with E-state index >= 15 is 0 Å². The second kappa shape index (κ2) is 5.67. The van der Waals surface area contributed by atoms with E-state index in [1.54, 1.807) is 24.3 Å². The zero-order valence-electron chi connectivity index (χ0n) is 10.9. The molecule has 1 aromatic carbocycles. The lowest BCUT2D eigenvalue weighted by Gasteiger charge is -2.21. The highest BCUT2D eigenvalue weighted by Gasteiger charge is 2.28. The summed E-state index contributed by atoms with van der Waals surface area (Å²) in [5.41, 5.74) is 0.753. The lowest BCUT2D eigenvalue weighted by molar-refractivity contribution is -0.151. The van der Waals surface area contributed by atoms with E-state index in [2.05, 4.69) is 0 Å². The number of rotatable bonds is 5. The molecule has 4 heteroatoms. The van der Waals surface area contributed by atoms with Crippen molar-refractivity contribution < 1.29 is 19.4 Å². The fourth-order valence-electron chi connectivity index (χ4n) is 1.65. The van der Waals surface area contributed by atoms with E-state index in [0.29, 0.717) is 12.8 Å². The highest BCUT2D eigenvalue weighted by Crippen LogP contribution is 2.24. The molecule has 0 spiro atoms. The Labute approximate surface area is 107 Å². The third-order valence-electron chi connectivity index (χ3n) is 2.98. The van der Waals surface area contributed by atoms with Crippen LogP contribution in [0.3, 0.4) is 0 Å². The van der Waals surface area contributed by atoms with Crippen LogP contribution in [0.5, 0.6) is 0 Å². The minimum Gasteiger partial charge on any atom is -0.478 e. The molecule has 18 heavy (non-hydrogen) atoms. The molecule has 0 amide bonds. The molecule has 1 N–H and O–H groups in total. The average Bonchev–Trinajstić information content (AvgIpc) is 2.35. The molecule has 0 atom stereocenters. The summed E-state index contributed by atoms with van der Waals surface area (Å²) in [6.45, 7) is 3.68. The summed E-state index contributed by atoms with van der Waals surface area (Å²) < 4.78 is 4.74. The summed E-state index contributed by atoms with van der Waals surface area (Å²) >= 11 is 0. The number of aryl methyl sites for hydroxylation is 1. The SMILES string of the molecule is COC(=O)C(C)(C)CCc1ccc(C(=O)O)cc1. The number of esters is 1. The monoisotopic (exact) mass is 250 g/mol. The summed E-state index contributed by atoms with van der Waals surface area (Å²) in [5, 5.41) is 8.78. The van der Waals surface area contributed by atoms with Crippen molar-refractivity contribution in [2.45, 2.75) is 26.7 Å². The molecule has 0 unspecified atom stereocenters. The van der Waals surface area contributed by atoms with Gasteiger partial charge < -0.3 is 9.84 Å². The first kappa shape index (κ1) is 14.2. The minimum atomic E-state index is -0.934. The molecule has 4 nitrogen and oxygen atoms in total. The van der Waals surface area contributed by atoms with Crippen LogP contribution >= 0.6 is 0 Å². The number of hydrogen-bond donors (Lipinski definition) is 1. The van der Waals surface area contributed by atoms with E-state index in [4.69, 9.17) is 9.84 Å². The molecule has 0 aliphatic carbocycles. The molecule has 0 radical (unpaired) electrons. The van der Waals surface area contributed by atoms with E-state index in [-0.39, 0.29) is 11.5 Å². The van der Waals surface area contributed by atoms with Gasteiger partial charge in [-0.25, -0.2) is 4.79 Å². The molecule has 98 valence electrons. The molecule has 1 rings (SSSR count). The van der Waals surface area contributed by atoms with Gasteiger partial charge in [0.15, 0.2) is 0 Å². The Morgan fingerprint density at radius 1 is 1.22 bits per heavy atom. The van der Waals surface area contributed by atoms with E-state index in [0.717, 1.165) is 5.56 Å². The van der Waals surface area contributed by atoms with Crippen LogP contribution in [0.25, 0.3) is 0 Å². The van der Waals surface area contributed by atoms with Crippen molar-refractivity contribution in [3.05, 3.63) is 35.4 Å². The number of methoxy groups -OCH3 is 1. The molecule has 0 saturated carbocycles. The number of aromatic carboxylic acids is 1. The lowest BCUT2D eigenvalue weighted by atomic mass is 9.86. The van der Waals surface area contributed by atoms with E-state index in [1.165, 1.54) is 7.11 Å². The van der Waals surface area contributed by atoms with Crippen molar-refractivity contribution >= 4 is 11.9 Å². The van der Waals surface area contributed by atoms with Crippen molar-refractivity contribution in [3.8, 4) is 0 Å². The van der Waals surface area contributed by atoms with Gasteiger partial charge in [-0.05, 0) is 44.4 Å².